The fraction of sp³-hybridized carbons (Fsp3) is 0.158. The summed E-state index contributed by atoms with van der Waals surface area (Å²) in [4.78, 5) is 24.5. The molecule has 0 fully saturated rings. The topological polar surface area (TPSA) is 48.3 Å². The average molecular weight is 342 g/mol. The fourth-order valence-electron chi connectivity index (χ4n) is 2.68. The Labute approximate surface area is 144 Å². The number of rotatable bonds is 4. The van der Waals surface area contributed by atoms with Crippen molar-refractivity contribution in [2.24, 2.45) is 0 Å². The van der Waals surface area contributed by atoms with Crippen LogP contribution in [0.2, 0.25) is 5.02 Å². The summed E-state index contributed by atoms with van der Waals surface area (Å²) in [5.41, 5.74) is 2.14. The Morgan fingerprint density at radius 3 is 2.50 bits per heavy atom. The van der Waals surface area contributed by atoms with Gasteiger partial charge in [-0.1, -0.05) is 41.9 Å². The van der Waals surface area contributed by atoms with Crippen molar-refractivity contribution < 1.29 is 14.3 Å². The molecule has 2 aromatic carbocycles. The first-order valence-corrected chi connectivity index (χ1v) is 7.94. The SMILES string of the molecule is COC(=O)c1cn(C(=O)CCc2ccc(Cl)cc2)c2ccccc12. The maximum absolute atomic E-state index is 12.6. The second kappa shape index (κ2) is 6.89. The summed E-state index contributed by atoms with van der Waals surface area (Å²) in [6, 6.07) is 14.7. The Kier molecular flexibility index (Phi) is 4.67. The number of carbonyl (C=O) groups is 2. The molecule has 1 aromatic heterocycles. The Morgan fingerprint density at radius 2 is 1.79 bits per heavy atom. The van der Waals surface area contributed by atoms with Crippen molar-refractivity contribution in [3.8, 4) is 0 Å². The van der Waals surface area contributed by atoms with E-state index in [2.05, 4.69) is 0 Å². The van der Waals surface area contributed by atoms with Gasteiger partial charge >= 0.3 is 5.97 Å². The van der Waals surface area contributed by atoms with Crippen LogP contribution in [-0.4, -0.2) is 23.6 Å². The van der Waals surface area contributed by atoms with E-state index in [1.807, 2.05) is 48.5 Å². The van der Waals surface area contributed by atoms with Gasteiger partial charge in [-0.15, -0.1) is 0 Å². The number of ether oxygens (including phenoxy) is 1. The second-order valence-electron chi connectivity index (χ2n) is 5.44. The standard InChI is InChI=1S/C19H16ClNO3/c1-24-19(23)16-12-21(17-5-3-2-4-15(16)17)18(22)11-8-13-6-9-14(20)10-7-13/h2-7,9-10,12H,8,11H2,1H3. The predicted molar refractivity (Wildman–Crippen MR) is 93.7 cm³/mol. The van der Waals surface area contributed by atoms with Gasteiger partial charge in [-0.3, -0.25) is 9.36 Å². The first kappa shape index (κ1) is 16.3. The highest BCUT2D eigenvalue weighted by atomic mass is 35.5. The molecule has 0 atom stereocenters. The van der Waals surface area contributed by atoms with Gasteiger partial charge in [0.1, 0.15) is 0 Å². The van der Waals surface area contributed by atoms with Gasteiger partial charge in [-0.05, 0) is 30.2 Å². The molecule has 24 heavy (non-hydrogen) atoms. The molecule has 0 aliphatic heterocycles. The van der Waals surface area contributed by atoms with Gasteiger partial charge in [0, 0.05) is 23.0 Å². The van der Waals surface area contributed by atoms with Crippen LogP contribution in [0.25, 0.3) is 10.9 Å². The summed E-state index contributed by atoms with van der Waals surface area (Å²) in [7, 11) is 1.33. The monoisotopic (exact) mass is 341 g/mol. The number of fused-ring (bicyclic) bond motifs is 1. The lowest BCUT2D eigenvalue weighted by Gasteiger charge is -2.04. The lowest BCUT2D eigenvalue weighted by molar-refractivity contribution is 0.0603. The van der Waals surface area contributed by atoms with Crippen molar-refractivity contribution in [3.05, 3.63) is 70.9 Å². The molecule has 3 rings (SSSR count). The Bertz CT molecular complexity index is 897. The molecular weight excluding hydrogens is 326 g/mol. The molecule has 0 N–H and O–H groups in total. The van der Waals surface area contributed by atoms with Gasteiger partial charge in [-0.2, -0.15) is 0 Å². The molecule has 0 saturated heterocycles. The zero-order chi connectivity index (χ0) is 17.1. The highest BCUT2D eigenvalue weighted by Crippen LogP contribution is 2.23. The second-order valence-corrected chi connectivity index (χ2v) is 5.88. The largest absolute Gasteiger partial charge is 0.465 e. The lowest BCUT2D eigenvalue weighted by atomic mass is 10.1. The van der Waals surface area contributed by atoms with Crippen LogP contribution in [0.4, 0.5) is 0 Å². The van der Waals surface area contributed by atoms with E-state index in [1.165, 1.54) is 11.7 Å². The smallest absolute Gasteiger partial charge is 0.340 e. The van der Waals surface area contributed by atoms with Crippen LogP contribution < -0.4 is 0 Å². The number of benzene rings is 2. The maximum atomic E-state index is 12.6. The van der Waals surface area contributed by atoms with Crippen molar-refractivity contribution in [3.63, 3.8) is 0 Å². The van der Waals surface area contributed by atoms with Crippen LogP contribution in [-0.2, 0) is 11.2 Å². The number of aryl methyl sites for hydroxylation is 1. The van der Waals surface area contributed by atoms with Gasteiger partial charge in [0.25, 0.3) is 0 Å². The Balaban J connectivity index is 1.87. The average Bonchev–Trinajstić information content (AvgIpc) is 3.00. The quantitative estimate of drug-likeness (QED) is 0.663. The molecule has 0 saturated carbocycles. The van der Waals surface area contributed by atoms with E-state index >= 15 is 0 Å². The summed E-state index contributed by atoms with van der Waals surface area (Å²) in [6.07, 6.45) is 2.50. The van der Waals surface area contributed by atoms with E-state index in [0.717, 1.165) is 5.56 Å². The minimum Gasteiger partial charge on any atom is -0.465 e. The normalized spacial score (nSPS) is 10.8. The molecule has 0 unspecified atom stereocenters. The first-order chi connectivity index (χ1) is 11.6. The van der Waals surface area contributed by atoms with E-state index in [1.54, 1.807) is 6.20 Å². The third-order valence-corrected chi connectivity index (χ3v) is 4.18. The molecule has 4 nitrogen and oxygen atoms in total. The minimum atomic E-state index is -0.449. The van der Waals surface area contributed by atoms with Gasteiger partial charge in [-0.25, -0.2) is 4.79 Å². The number of methoxy groups -OCH3 is 1. The molecule has 0 radical (unpaired) electrons. The molecule has 0 bridgehead atoms. The zero-order valence-corrected chi connectivity index (χ0v) is 13.9. The number of esters is 1. The zero-order valence-electron chi connectivity index (χ0n) is 13.2. The summed E-state index contributed by atoms with van der Waals surface area (Å²) in [5.74, 6) is -0.522. The van der Waals surface area contributed by atoms with Gasteiger partial charge in [0.05, 0.1) is 18.2 Å². The molecule has 0 amide bonds. The number of halogens is 1. The van der Waals surface area contributed by atoms with Crippen molar-refractivity contribution in [1.29, 1.82) is 0 Å². The van der Waals surface area contributed by atoms with Crippen LogP contribution in [0.3, 0.4) is 0 Å². The van der Waals surface area contributed by atoms with E-state index in [9.17, 15) is 9.59 Å². The molecular formula is C19H16ClNO3. The highest BCUT2D eigenvalue weighted by molar-refractivity contribution is 6.30. The van der Waals surface area contributed by atoms with Crippen LogP contribution in [0.15, 0.2) is 54.7 Å². The molecule has 3 aromatic rings. The van der Waals surface area contributed by atoms with Crippen LogP contribution in [0, 0.1) is 0 Å². The number of carbonyl (C=O) groups excluding carboxylic acids is 2. The number of hydrogen-bond acceptors (Lipinski definition) is 3. The highest BCUT2D eigenvalue weighted by Gasteiger charge is 2.18. The molecule has 0 spiro atoms. The number of para-hydroxylation sites is 1. The molecule has 122 valence electrons. The van der Waals surface area contributed by atoms with Crippen molar-refractivity contribution in [1.82, 2.24) is 4.57 Å². The Hall–Kier alpha value is -2.59. The minimum absolute atomic E-state index is 0.0729. The van der Waals surface area contributed by atoms with Crippen molar-refractivity contribution in [2.75, 3.05) is 7.11 Å². The first-order valence-electron chi connectivity index (χ1n) is 7.56. The summed E-state index contributed by atoms with van der Waals surface area (Å²) in [5, 5.41) is 1.38. The van der Waals surface area contributed by atoms with Crippen molar-refractivity contribution in [2.45, 2.75) is 12.8 Å². The molecule has 0 aliphatic carbocycles. The molecule has 5 heteroatoms. The van der Waals surface area contributed by atoms with Gasteiger partial charge < -0.3 is 4.74 Å². The third kappa shape index (κ3) is 3.19. The van der Waals surface area contributed by atoms with Crippen molar-refractivity contribution >= 4 is 34.4 Å². The summed E-state index contributed by atoms with van der Waals surface area (Å²) < 4.78 is 6.33. The number of aromatic nitrogens is 1. The van der Waals surface area contributed by atoms with E-state index in [-0.39, 0.29) is 5.91 Å². The third-order valence-electron chi connectivity index (χ3n) is 3.93. The predicted octanol–water partition coefficient (Wildman–Crippen LogP) is 4.35. The summed E-state index contributed by atoms with van der Waals surface area (Å²) >= 11 is 5.87. The number of nitrogens with zero attached hydrogens (tertiary/aromatic N) is 1. The summed E-state index contributed by atoms with van der Waals surface area (Å²) in [6.45, 7) is 0. The van der Waals surface area contributed by atoms with Crippen LogP contribution >= 0.6 is 11.6 Å². The van der Waals surface area contributed by atoms with Crippen LogP contribution in [0.1, 0.15) is 27.1 Å². The van der Waals surface area contributed by atoms with Crippen LogP contribution in [0.5, 0.6) is 0 Å². The maximum Gasteiger partial charge on any atom is 0.340 e. The Morgan fingerprint density at radius 1 is 1.08 bits per heavy atom. The number of hydrogen-bond donors (Lipinski definition) is 0. The fourth-order valence-corrected chi connectivity index (χ4v) is 2.81. The van der Waals surface area contributed by atoms with Gasteiger partial charge in [0.15, 0.2) is 0 Å². The lowest BCUT2D eigenvalue weighted by Crippen LogP contribution is -2.10. The molecule has 0 aliphatic rings. The molecule has 1 heterocycles. The van der Waals surface area contributed by atoms with E-state index < -0.39 is 5.97 Å². The van der Waals surface area contributed by atoms with Gasteiger partial charge in [0.2, 0.25) is 5.91 Å². The van der Waals surface area contributed by atoms with E-state index in [0.29, 0.717) is 34.3 Å². The van der Waals surface area contributed by atoms with E-state index in [4.69, 9.17) is 16.3 Å².